The summed E-state index contributed by atoms with van der Waals surface area (Å²) < 4.78 is 5.40. The summed E-state index contributed by atoms with van der Waals surface area (Å²) in [5, 5.41) is 9.73. The van der Waals surface area contributed by atoms with Gasteiger partial charge < -0.3 is 14.8 Å². The zero-order valence-electron chi connectivity index (χ0n) is 14.8. The maximum absolute atomic E-state index is 11.8. The molecule has 1 saturated carbocycles. The van der Waals surface area contributed by atoms with Crippen LogP contribution in [0.4, 0.5) is 0 Å². The van der Waals surface area contributed by atoms with E-state index in [1.165, 1.54) is 25.7 Å². The summed E-state index contributed by atoms with van der Waals surface area (Å²) in [7, 11) is 0. The van der Waals surface area contributed by atoms with Gasteiger partial charge in [-0.1, -0.05) is 25.8 Å². The molecule has 0 amide bonds. The predicted molar refractivity (Wildman–Crippen MR) is 95.7 cm³/mol. The standard InChI is InChI=1S/C20H26N2O3/c1-13-2-4-14(5-3-13)10-18-21-16-7-6-15(11-17(16)22-18)20(19(23)24)8-9-25-12-20/h6-7,11,13-14H,2-5,8-10,12H2,1H3,(H,21,22)(H,23,24). The van der Waals surface area contributed by atoms with Gasteiger partial charge in [0.15, 0.2) is 0 Å². The lowest BCUT2D eigenvalue weighted by Gasteiger charge is -2.25. The van der Waals surface area contributed by atoms with E-state index in [1.54, 1.807) is 0 Å². The molecular weight excluding hydrogens is 316 g/mol. The van der Waals surface area contributed by atoms with Gasteiger partial charge in [-0.25, -0.2) is 4.98 Å². The van der Waals surface area contributed by atoms with Crippen molar-refractivity contribution in [1.29, 1.82) is 0 Å². The van der Waals surface area contributed by atoms with E-state index in [0.29, 0.717) is 18.9 Å². The zero-order valence-corrected chi connectivity index (χ0v) is 14.8. The van der Waals surface area contributed by atoms with Crippen LogP contribution < -0.4 is 0 Å². The second-order valence-corrected chi connectivity index (χ2v) is 7.94. The number of aromatic nitrogens is 2. The first kappa shape index (κ1) is 16.6. The molecule has 5 nitrogen and oxygen atoms in total. The Morgan fingerprint density at radius 3 is 2.84 bits per heavy atom. The van der Waals surface area contributed by atoms with Crippen LogP contribution in [-0.2, 0) is 21.4 Å². The minimum atomic E-state index is -0.918. The number of hydrogen-bond donors (Lipinski definition) is 2. The first-order chi connectivity index (χ1) is 12.1. The summed E-state index contributed by atoms with van der Waals surface area (Å²) in [5.41, 5.74) is 1.75. The highest BCUT2D eigenvalue weighted by Crippen LogP contribution is 2.35. The Kier molecular flexibility index (Phi) is 4.28. The predicted octanol–water partition coefficient (Wildman–Crippen LogP) is 3.67. The quantitative estimate of drug-likeness (QED) is 0.889. The molecule has 1 saturated heterocycles. The van der Waals surface area contributed by atoms with Crippen LogP contribution in [0, 0.1) is 11.8 Å². The van der Waals surface area contributed by atoms with Crippen LogP contribution in [0.3, 0.4) is 0 Å². The summed E-state index contributed by atoms with van der Waals surface area (Å²) in [4.78, 5) is 20.0. The Hall–Kier alpha value is -1.88. The van der Waals surface area contributed by atoms with Crippen molar-refractivity contribution in [2.75, 3.05) is 13.2 Å². The van der Waals surface area contributed by atoms with Crippen molar-refractivity contribution in [3.63, 3.8) is 0 Å². The van der Waals surface area contributed by atoms with Gasteiger partial charge in [0.25, 0.3) is 0 Å². The lowest BCUT2D eigenvalue weighted by molar-refractivity contribution is -0.143. The fraction of sp³-hybridized carbons (Fsp3) is 0.600. The largest absolute Gasteiger partial charge is 0.481 e. The SMILES string of the molecule is CC1CCC(Cc2nc3ccc(C4(C(=O)O)CCOC4)cc3[nH]2)CC1. The molecular formula is C20H26N2O3. The number of benzene rings is 1. The van der Waals surface area contributed by atoms with Gasteiger partial charge in [0.1, 0.15) is 11.2 Å². The summed E-state index contributed by atoms with van der Waals surface area (Å²) >= 11 is 0. The Morgan fingerprint density at radius 2 is 2.16 bits per heavy atom. The average Bonchev–Trinajstić information content (AvgIpc) is 3.23. The molecule has 1 atom stereocenters. The third-order valence-electron chi connectivity index (χ3n) is 6.13. The van der Waals surface area contributed by atoms with Gasteiger partial charge in [-0.3, -0.25) is 4.79 Å². The maximum Gasteiger partial charge on any atom is 0.316 e. The molecule has 0 radical (unpaired) electrons. The highest BCUT2D eigenvalue weighted by atomic mass is 16.5. The van der Waals surface area contributed by atoms with Crippen LogP contribution in [0.25, 0.3) is 11.0 Å². The molecule has 0 spiro atoms. The number of H-pyrrole nitrogens is 1. The number of aromatic amines is 1. The van der Waals surface area contributed by atoms with Crippen molar-refractivity contribution in [2.24, 2.45) is 11.8 Å². The summed E-state index contributed by atoms with van der Waals surface area (Å²) in [6.07, 6.45) is 6.71. The van der Waals surface area contributed by atoms with Crippen LogP contribution in [0.2, 0.25) is 0 Å². The van der Waals surface area contributed by atoms with Gasteiger partial charge in [-0.15, -0.1) is 0 Å². The second-order valence-electron chi connectivity index (χ2n) is 7.94. The van der Waals surface area contributed by atoms with Crippen molar-refractivity contribution >= 4 is 17.0 Å². The van der Waals surface area contributed by atoms with E-state index in [9.17, 15) is 9.90 Å². The molecule has 1 aromatic carbocycles. The zero-order chi connectivity index (χ0) is 17.4. The average molecular weight is 342 g/mol. The molecule has 4 rings (SSSR count). The lowest BCUT2D eigenvalue weighted by Crippen LogP contribution is -2.36. The van der Waals surface area contributed by atoms with Gasteiger partial charge >= 0.3 is 5.97 Å². The van der Waals surface area contributed by atoms with E-state index >= 15 is 0 Å². The summed E-state index contributed by atoms with van der Waals surface area (Å²) in [6, 6.07) is 5.80. The van der Waals surface area contributed by atoms with E-state index in [4.69, 9.17) is 9.72 Å². The molecule has 2 N–H and O–H groups in total. The van der Waals surface area contributed by atoms with Crippen LogP contribution in [0.5, 0.6) is 0 Å². The Balaban J connectivity index is 1.58. The molecule has 1 aliphatic heterocycles. The molecule has 2 aromatic rings. The molecule has 2 aliphatic rings. The molecule has 1 aromatic heterocycles. The van der Waals surface area contributed by atoms with Crippen molar-refractivity contribution in [3.05, 3.63) is 29.6 Å². The normalized spacial score (nSPS) is 30.0. The van der Waals surface area contributed by atoms with Gasteiger partial charge in [0.2, 0.25) is 0 Å². The molecule has 2 fully saturated rings. The smallest absolute Gasteiger partial charge is 0.316 e. The molecule has 2 heterocycles. The van der Waals surface area contributed by atoms with Crippen LogP contribution in [0.1, 0.15) is 50.4 Å². The fourth-order valence-corrected chi connectivity index (χ4v) is 4.35. The van der Waals surface area contributed by atoms with E-state index in [1.807, 2.05) is 18.2 Å². The summed E-state index contributed by atoms with van der Waals surface area (Å²) in [5.74, 6) is 1.79. The highest BCUT2D eigenvalue weighted by molar-refractivity contribution is 5.85. The molecule has 134 valence electrons. The third-order valence-corrected chi connectivity index (χ3v) is 6.13. The van der Waals surface area contributed by atoms with Gasteiger partial charge in [0, 0.05) is 13.0 Å². The van der Waals surface area contributed by atoms with Crippen molar-refractivity contribution in [3.8, 4) is 0 Å². The minimum Gasteiger partial charge on any atom is -0.481 e. The van der Waals surface area contributed by atoms with Crippen molar-refractivity contribution in [2.45, 2.75) is 50.9 Å². The number of imidazole rings is 1. The second kappa shape index (κ2) is 6.45. The van der Waals surface area contributed by atoms with E-state index in [2.05, 4.69) is 11.9 Å². The first-order valence-corrected chi connectivity index (χ1v) is 9.37. The Bertz CT molecular complexity index is 768. The minimum absolute atomic E-state index is 0.245. The number of nitrogens with zero attached hydrogens (tertiary/aromatic N) is 1. The molecule has 0 bridgehead atoms. The third kappa shape index (κ3) is 3.06. The number of carboxylic acid groups (broad SMARTS) is 1. The van der Waals surface area contributed by atoms with Crippen LogP contribution >= 0.6 is 0 Å². The number of carbonyl (C=O) groups is 1. The van der Waals surface area contributed by atoms with Gasteiger partial charge in [-0.2, -0.15) is 0 Å². The fourth-order valence-electron chi connectivity index (χ4n) is 4.35. The number of ether oxygens (including phenoxy) is 1. The number of carboxylic acids is 1. The van der Waals surface area contributed by atoms with Gasteiger partial charge in [-0.05, 0) is 48.8 Å². The van der Waals surface area contributed by atoms with E-state index in [-0.39, 0.29) is 6.61 Å². The topological polar surface area (TPSA) is 75.2 Å². The van der Waals surface area contributed by atoms with Crippen LogP contribution in [0.15, 0.2) is 18.2 Å². The number of rotatable bonds is 4. The number of fused-ring (bicyclic) bond motifs is 1. The number of hydrogen-bond acceptors (Lipinski definition) is 3. The summed E-state index contributed by atoms with van der Waals surface area (Å²) in [6.45, 7) is 3.08. The van der Waals surface area contributed by atoms with E-state index in [0.717, 1.165) is 34.8 Å². The maximum atomic E-state index is 11.8. The Morgan fingerprint density at radius 1 is 1.36 bits per heavy atom. The van der Waals surface area contributed by atoms with Crippen molar-refractivity contribution in [1.82, 2.24) is 9.97 Å². The molecule has 1 unspecified atom stereocenters. The van der Waals surface area contributed by atoms with Crippen molar-refractivity contribution < 1.29 is 14.6 Å². The number of nitrogens with one attached hydrogen (secondary N) is 1. The molecule has 1 aliphatic carbocycles. The molecule has 5 heteroatoms. The van der Waals surface area contributed by atoms with Gasteiger partial charge in [0.05, 0.1) is 17.6 Å². The first-order valence-electron chi connectivity index (χ1n) is 9.37. The number of aliphatic carboxylic acids is 1. The Labute approximate surface area is 147 Å². The molecule has 25 heavy (non-hydrogen) atoms. The van der Waals surface area contributed by atoms with E-state index < -0.39 is 11.4 Å². The monoisotopic (exact) mass is 342 g/mol. The highest BCUT2D eigenvalue weighted by Gasteiger charge is 2.44. The van der Waals surface area contributed by atoms with Crippen LogP contribution in [-0.4, -0.2) is 34.3 Å². The lowest BCUT2D eigenvalue weighted by atomic mass is 9.80.